The van der Waals surface area contributed by atoms with Gasteiger partial charge >= 0.3 is 0 Å². The third-order valence-corrected chi connectivity index (χ3v) is 4.34. The van der Waals surface area contributed by atoms with E-state index in [-0.39, 0.29) is 5.60 Å². The minimum absolute atomic E-state index is 0.00518. The second kappa shape index (κ2) is 6.33. The van der Waals surface area contributed by atoms with Crippen molar-refractivity contribution in [1.29, 1.82) is 0 Å². The molecule has 0 unspecified atom stereocenters. The first-order chi connectivity index (χ1) is 8.59. The minimum atomic E-state index is 0.00518. The van der Waals surface area contributed by atoms with Gasteiger partial charge in [0.05, 0.1) is 28.8 Å². The van der Waals surface area contributed by atoms with Crippen molar-refractivity contribution in [3.63, 3.8) is 0 Å². The van der Waals surface area contributed by atoms with Gasteiger partial charge in [0.2, 0.25) is 0 Å². The molecule has 0 atom stereocenters. The van der Waals surface area contributed by atoms with Crippen LogP contribution in [0.5, 0.6) is 0 Å². The Morgan fingerprint density at radius 2 is 2.39 bits per heavy atom. The largest absolute Gasteiger partial charge is 0.373 e. The van der Waals surface area contributed by atoms with E-state index >= 15 is 0 Å². The number of thiazole rings is 1. The van der Waals surface area contributed by atoms with Crippen LogP contribution in [0.15, 0.2) is 5.38 Å². The molecule has 1 aromatic rings. The van der Waals surface area contributed by atoms with Gasteiger partial charge in [0, 0.05) is 24.9 Å². The molecule has 102 valence electrons. The molecule has 1 saturated heterocycles. The van der Waals surface area contributed by atoms with Crippen molar-refractivity contribution in [2.24, 2.45) is 0 Å². The van der Waals surface area contributed by atoms with Crippen LogP contribution >= 0.6 is 22.9 Å². The molecule has 2 heterocycles. The van der Waals surface area contributed by atoms with Crippen LogP contribution in [0.3, 0.4) is 0 Å². The maximum Gasteiger partial charge on any atom is 0.0929 e. The van der Waals surface area contributed by atoms with Crippen molar-refractivity contribution in [1.82, 2.24) is 9.88 Å². The zero-order chi connectivity index (χ0) is 13.0. The van der Waals surface area contributed by atoms with Gasteiger partial charge in [-0.3, -0.25) is 4.90 Å². The fourth-order valence-corrected chi connectivity index (χ4v) is 3.35. The van der Waals surface area contributed by atoms with Gasteiger partial charge in [-0.05, 0) is 26.8 Å². The highest BCUT2D eigenvalue weighted by atomic mass is 35.5. The van der Waals surface area contributed by atoms with Crippen LogP contribution in [-0.4, -0.2) is 41.7 Å². The van der Waals surface area contributed by atoms with E-state index in [1.165, 1.54) is 5.01 Å². The Labute approximate surface area is 118 Å². The average molecular weight is 289 g/mol. The standard InChI is InChI=1S/C13H21ClN2OS/c1-13(2)10-16(6-7-17-13)5-3-4-12-15-11(8-14)9-18-12/h9H,3-8,10H2,1-2H3. The molecular formula is C13H21ClN2OS. The van der Waals surface area contributed by atoms with Crippen LogP contribution in [0.4, 0.5) is 0 Å². The number of ether oxygens (including phenoxy) is 1. The molecule has 3 nitrogen and oxygen atoms in total. The maximum atomic E-state index is 5.75. The molecule has 1 fully saturated rings. The number of morpholine rings is 1. The molecule has 0 N–H and O–H groups in total. The van der Waals surface area contributed by atoms with E-state index in [0.29, 0.717) is 5.88 Å². The monoisotopic (exact) mass is 288 g/mol. The van der Waals surface area contributed by atoms with Crippen molar-refractivity contribution in [3.8, 4) is 0 Å². The van der Waals surface area contributed by atoms with Crippen molar-refractivity contribution >= 4 is 22.9 Å². The van der Waals surface area contributed by atoms with Gasteiger partial charge in [-0.1, -0.05) is 0 Å². The topological polar surface area (TPSA) is 25.4 Å². The lowest BCUT2D eigenvalue weighted by atomic mass is 10.1. The number of rotatable bonds is 5. The van der Waals surface area contributed by atoms with Gasteiger partial charge < -0.3 is 4.74 Å². The number of halogens is 1. The molecule has 1 aliphatic rings. The quantitative estimate of drug-likeness (QED) is 0.779. The molecule has 0 amide bonds. The summed E-state index contributed by atoms with van der Waals surface area (Å²) < 4.78 is 5.71. The van der Waals surface area contributed by atoms with Crippen LogP contribution < -0.4 is 0 Å². The lowest BCUT2D eigenvalue weighted by Crippen LogP contribution is -2.48. The molecule has 0 spiro atoms. The summed E-state index contributed by atoms with van der Waals surface area (Å²) in [7, 11) is 0. The van der Waals surface area contributed by atoms with Gasteiger partial charge in [-0.2, -0.15) is 0 Å². The summed E-state index contributed by atoms with van der Waals surface area (Å²) in [5.74, 6) is 0.522. The summed E-state index contributed by atoms with van der Waals surface area (Å²) in [5.41, 5.74) is 1.01. The summed E-state index contributed by atoms with van der Waals surface area (Å²) in [5, 5.41) is 3.26. The normalized spacial score (nSPS) is 20.2. The van der Waals surface area contributed by atoms with Crippen molar-refractivity contribution < 1.29 is 4.74 Å². The van der Waals surface area contributed by atoms with Gasteiger partial charge in [0.15, 0.2) is 0 Å². The molecule has 0 radical (unpaired) electrons. The number of nitrogens with zero attached hydrogens (tertiary/aromatic N) is 2. The summed E-state index contributed by atoms with van der Waals surface area (Å²) >= 11 is 7.47. The first-order valence-corrected chi connectivity index (χ1v) is 7.86. The molecule has 1 aliphatic heterocycles. The predicted octanol–water partition coefficient (Wildman–Crippen LogP) is 2.93. The smallest absolute Gasteiger partial charge is 0.0929 e. The summed E-state index contributed by atoms with van der Waals surface area (Å²) in [6.45, 7) is 8.37. The van der Waals surface area contributed by atoms with Gasteiger partial charge in [-0.15, -0.1) is 22.9 Å². The first-order valence-electron chi connectivity index (χ1n) is 6.45. The Kier molecular flexibility index (Phi) is 5.01. The lowest BCUT2D eigenvalue weighted by Gasteiger charge is -2.38. The summed E-state index contributed by atoms with van der Waals surface area (Å²) in [4.78, 5) is 6.97. The molecule has 0 saturated carbocycles. The van der Waals surface area contributed by atoms with Gasteiger partial charge in [-0.25, -0.2) is 4.98 Å². The lowest BCUT2D eigenvalue weighted by molar-refractivity contribution is -0.0859. The van der Waals surface area contributed by atoms with E-state index in [0.717, 1.165) is 44.8 Å². The Balaban J connectivity index is 1.71. The molecule has 2 rings (SSSR count). The van der Waals surface area contributed by atoms with Crippen LogP contribution in [0, 0.1) is 0 Å². The fraction of sp³-hybridized carbons (Fsp3) is 0.769. The zero-order valence-electron chi connectivity index (χ0n) is 11.1. The maximum absolute atomic E-state index is 5.75. The summed E-state index contributed by atoms with van der Waals surface area (Å²) in [6.07, 6.45) is 2.21. The molecular weight excluding hydrogens is 268 g/mol. The molecule has 0 bridgehead atoms. The number of aromatic nitrogens is 1. The molecule has 18 heavy (non-hydrogen) atoms. The van der Waals surface area contributed by atoms with Gasteiger partial charge in [0.25, 0.3) is 0 Å². The average Bonchev–Trinajstić information content (AvgIpc) is 2.76. The van der Waals surface area contributed by atoms with E-state index in [1.54, 1.807) is 11.3 Å². The highest BCUT2D eigenvalue weighted by molar-refractivity contribution is 7.09. The van der Waals surface area contributed by atoms with Gasteiger partial charge in [0.1, 0.15) is 0 Å². The van der Waals surface area contributed by atoms with E-state index in [1.807, 2.05) is 0 Å². The predicted molar refractivity (Wildman–Crippen MR) is 76.5 cm³/mol. The number of aryl methyl sites for hydroxylation is 1. The zero-order valence-corrected chi connectivity index (χ0v) is 12.7. The minimum Gasteiger partial charge on any atom is -0.373 e. The van der Waals surface area contributed by atoms with Crippen molar-refractivity contribution in [2.75, 3.05) is 26.2 Å². The Hall–Kier alpha value is -0.160. The van der Waals surface area contributed by atoms with Crippen LogP contribution in [0.1, 0.15) is 31.0 Å². The van der Waals surface area contributed by atoms with Crippen molar-refractivity contribution in [3.05, 3.63) is 16.1 Å². The molecule has 0 aromatic carbocycles. The summed E-state index contributed by atoms with van der Waals surface area (Å²) in [6, 6.07) is 0. The molecule has 5 heteroatoms. The molecule has 1 aromatic heterocycles. The Bertz CT molecular complexity index is 381. The fourth-order valence-electron chi connectivity index (χ4n) is 2.28. The Morgan fingerprint density at radius 3 is 3.06 bits per heavy atom. The van der Waals surface area contributed by atoms with E-state index in [2.05, 4.69) is 29.1 Å². The highest BCUT2D eigenvalue weighted by Gasteiger charge is 2.26. The van der Waals surface area contributed by atoms with Crippen LogP contribution in [0.2, 0.25) is 0 Å². The van der Waals surface area contributed by atoms with E-state index in [9.17, 15) is 0 Å². The third-order valence-electron chi connectivity index (χ3n) is 3.11. The highest BCUT2D eigenvalue weighted by Crippen LogP contribution is 2.18. The third kappa shape index (κ3) is 4.19. The second-order valence-corrected chi connectivity index (χ2v) is 6.56. The second-order valence-electron chi connectivity index (χ2n) is 5.35. The van der Waals surface area contributed by atoms with E-state index < -0.39 is 0 Å². The molecule has 0 aliphatic carbocycles. The number of alkyl halides is 1. The first kappa shape index (κ1) is 14.3. The van der Waals surface area contributed by atoms with Crippen LogP contribution in [0.25, 0.3) is 0 Å². The Morgan fingerprint density at radius 1 is 1.56 bits per heavy atom. The van der Waals surface area contributed by atoms with Crippen molar-refractivity contribution in [2.45, 2.75) is 38.2 Å². The number of hydrogen-bond donors (Lipinski definition) is 0. The number of hydrogen-bond acceptors (Lipinski definition) is 4. The van der Waals surface area contributed by atoms with E-state index in [4.69, 9.17) is 16.3 Å². The SMILES string of the molecule is CC1(C)CN(CCCc2nc(CCl)cs2)CCO1. The van der Waals surface area contributed by atoms with Crippen LogP contribution in [-0.2, 0) is 17.0 Å².